The van der Waals surface area contributed by atoms with Crippen LogP contribution in [0.2, 0.25) is 0 Å². The lowest BCUT2D eigenvalue weighted by atomic mass is 9.42. The number of aromatic nitrogens is 2. The molecule has 3 saturated carbocycles. The fourth-order valence-corrected chi connectivity index (χ4v) is 5.96. The Morgan fingerprint density at radius 3 is 2.52 bits per heavy atom. The van der Waals surface area contributed by atoms with Crippen molar-refractivity contribution in [3.05, 3.63) is 11.8 Å². The van der Waals surface area contributed by atoms with Crippen LogP contribution in [0.15, 0.2) is 11.4 Å². The summed E-state index contributed by atoms with van der Waals surface area (Å²) in [5.41, 5.74) is -1.48. The molecule has 1 spiro atoms. The summed E-state index contributed by atoms with van der Waals surface area (Å²) in [6.45, 7) is 7.63. The Labute approximate surface area is 186 Å². The van der Waals surface area contributed by atoms with Crippen LogP contribution in [0.3, 0.4) is 0 Å². The third-order valence-corrected chi connectivity index (χ3v) is 8.14. The topological polar surface area (TPSA) is 92.7 Å². The van der Waals surface area contributed by atoms with Crippen LogP contribution in [-0.4, -0.2) is 56.7 Å². The molecule has 1 aromatic heterocycles. The van der Waals surface area contributed by atoms with Gasteiger partial charge in [0.1, 0.15) is 16.8 Å². The van der Waals surface area contributed by atoms with Gasteiger partial charge in [-0.15, -0.1) is 0 Å². The summed E-state index contributed by atoms with van der Waals surface area (Å²) in [6, 6.07) is 0. The molecule has 2 aliphatic heterocycles. The third kappa shape index (κ3) is 2.71. The smallest absolute Gasteiger partial charge is 0.417 e. The molecule has 0 aromatic carbocycles. The lowest BCUT2D eigenvalue weighted by Crippen LogP contribution is -2.78. The monoisotopic (exact) mass is 444 g/mol. The van der Waals surface area contributed by atoms with Gasteiger partial charge >= 0.3 is 6.09 Å². The lowest BCUT2D eigenvalue weighted by molar-refractivity contribution is -0.153. The van der Waals surface area contributed by atoms with Gasteiger partial charge in [-0.1, -0.05) is 18.7 Å². The molecule has 2 bridgehead atoms. The van der Waals surface area contributed by atoms with Gasteiger partial charge in [-0.05, 0) is 58.1 Å². The average molecular weight is 445 g/mol. The molecule has 9 heteroatoms. The largest absolute Gasteiger partial charge is 0.443 e. The van der Waals surface area contributed by atoms with Crippen LogP contribution in [-0.2, 0) is 20.7 Å². The van der Waals surface area contributed by atoms with Gasteiger partial charge in [-0.2, -0.15) is 0 Å². The SMILES string of the molecule is CSc1ncc2c(n1)N(C13CC(C1)[C@@H]3C)C(=O)C1(CCN(C(=O)OC(C)(C)C)C1=O)C2. The maximum atomic E-state index is 14.0. The Hall–Kier alpha value is -2.16. The Morgan fingerprint density at radius 2 is 1.97 bits per heavy atom. The van der Waals surface area contributed by atoms with Crippen LogP contribution in [0.1, 0.15) is 52.5 Å². The summed E-state index contributed by atoms with van der Waals surface area (Å²) >= 11 is 1.43. The van der Waals surface area contributed by atoms with Gasteiger partial charge in [0.15, 0.2) is 5.16 Å². The molecule has 4 fully saturated rings. The number of rotatable bonds is 2. The van der Waals surface area contributed by atoms with Crippen molar-refractivity contribution in [2.75, 3.05) is 17.7 Å². The number of likely N-dealkylation sites (tertiary alicyclic amines) is 1. The molecular weight excluding hydrogens is 416 g/mol. The predicted molar refractivity (Wildman–Crippen MR) is 115 cm³/mol. The number of fused-ring (bicyclic) bond motifs is 1. The number of hydrogen-bond acceptors (Lipinski definition) is 7. The molecule has 3 heterocycles. The van der Waals surface area contributed by atoms with Crippen LogP contribution in [0, 0.1) is 17.3 Å². The van der Waals surface area contributed by atoms with Gasteiger partial charge in [0.25, 0.3) is 0 Å². The first-order valence-electron chi connectivity index (χ1n) is 10.8. The number of nitrogens with zero attached hydrogens (tertiary/aromatic N) is 4. The average Bonchev–Trinajstić information content (AvgIpc) is 2.99. The second-order valence-corrected chi connectivity index (χ2v) is 11.1. The normalized spacial score (nSPS) is 33.8. The van der Waals surface area contributed by atoms with E-state index in [2.05, 4.69) is 11.9 Å². The van der Waals surface area contributed by atoms with Gasteiger partial charge in [0, 0.05) is 24.7 Å². The maximum Gasteiger partial charge on any atom is 0.417 e. The van der Waals surface area contributed by atoms with Crippen molar-refractivity contribution in [1.82, 2.24) is 14.9 Å². The van der Waals surface area contributed by atoms with E-state index in [1.165, 1.54) is 11.8 Å². The molecule has 2 atom stereocenters. The van der Waals surface area contributed by atoms with Crippen molar-refractivity contribution < 1.29 is 19.1 Å². The van der Waals surface area contributed by atoms with Crippen molar-refractivity contribution in [1.29, 1.82) is 0 Å². The van der Waals surface area contributed by atoms with Gasteiger partial charge in [-0.25, -0.2) is 19.7 Å². The minimum Gasteiger partial charge on any atom is -0.443 e. The van der Waals surface area contributed by atoms with E-state index < -0.39 is 23.0 Å². The summed E-state index contributed by atoms with van der Waals surface area (Å²) in [5, 5.41) is 0.611. The fraction of sp³-hybridized carbons (Fsp3) is 0.682. The molecule has 1 saturated heterocycles. The van der Waals surface area contributed by atoms with E-state index in [9.17, 15) is 14.4 Å². The van der Waals surface area contributed by atoms with Crippen LogP contribution in [0.4, 0.5) is 10.6 Å². The summed E-state index contributed by atoms with van der Waals surface area (Å²) in [7, 11) is 0. The molecule has 1 unspecified atom stereocenters. The van der Waals surface area contributed by atoms with Crippen molar-refractivity contribution in [2.24, 2.45) is 17.3 Å². The minimum atomic E-state index is -1.29. The number of thioether (sulfide) groups is 1. The maximum absolute atomic E-state index is 14.0. The zero-order valence-electron chi connectivity index (χ0n) is 18.6. The number of amides is 3. The molecule has 3 aliphatic carbocycles. The Bertz CT molecular complexity index is 1000. The first kappa shape index (κ1) is 20.7. The molecular formula is C22H28N4O4S. The Balaban J connectivity index is 1.55. The summed E-state index contributed by atoms with van der Waals surface area (Å²) < 4.78 is 5.43. The number of hydrogen-bond donors (Lipinski definition) is 0. The van der Waals surface area contributed by atoms with E-state index in [1.54, 1.807) is 27.0 Å². The molecule has 166 valence electrons. The number of carbonyl (C=O) groups is 3. The highest BCUT2D eigenvalue weighted by molar-refractivity contribution is 7.98. The van der Waals surface area contributed by atoms with Crippen molar-refractivity contribution >= 4 is 35.5 Å². The van der Waals surface area contributed by atoms with Crippen molar-refractivity contribution in [2.45, 2.75) is 69.7 Å². The molecule has 6 rings (SSSR count). The standard InChI is InChI=1S/C22H28N4O4S/c1-12-13-9-22(12,10-13)26-15-14(11-23-18(24-15)31-5)8-21(17(26)28)6-7-25(16(21)27)19(29)30-20(2,3)4/h11-13H,6-10H2,1-5H3/t12-,13?,21?,22?/m0/s1. The Morgan fingerprint density at radius 1 is 1.26 bits per heavy atom. The molecule has 1 aromatic rings. The zero-order valence-corrected chi connectivity index (χ0v) is 19.4. The molecule has 3 amide bonds. The quantitative estimate of drug-likeness (QED) is 0.393. The molecule has 5 aliphatic rings. The van der Waals surface area contributed by atoms with Crippen molar-refractivity contribution in [3.8, 4) is 0 Å². The summed E-state index contributed by atoms with van der Waals surface area (Å²) in [4.78, 5) is 52.3. The van der Waals surface area contributed by atoms with E-state index in [0.29, 0.717) is 22.8 Å². The van der Waals surface area contributed by atoms with Crippen LogP contribution >= 0.6 is 11.8 Å². The van der Waals surface area contributed by atoms with E-state index in [0.717, 1.165) is 23.3 Å². The number of ether oxygens (including phenoxy) is 1. The van der Waals surface area contributed by atoms with E-state index in [1.807, 2.05) is 11.2 Å². The lowest BCUT2D eigenvalue weighted by Gasteiger charge is -2.71. The third-order valence-electron chi connectivity index (χ3n) is 7.58. The highest BCUT2D eigenvalue weighted by Crippen LogP contribution is 2.67. The van der Waals surface area contributed by atoms with Crippen LogP contribution in [0.5, 0.6) is 0 Å². The number of imide groups is 1. The minimum absolute atomic E-state index is 0.178. The first-order chi connectivity index (χ1) is 14.5. The molecule has 31 heavy (non-hydrogen) atoms. The van der Waals surface area contributed by atoms with Gasteiger partial charge in [0.05, 0.1) is 5.54 Å². The van der Waals surface area contributed by atoms with Crippen LogP contribution in [0.25, 0.3) is 0 Å². The summed E-state index contributed by atoms with van der Waals surface area (Å²) in [5.74, 6) is 0.977. The molecule has 8 nitrogen and oxygen atoms in total. The van der Waals surface area contributed by atoms with Crippen molar-refractivity contribution in [3.63, 3.8) is 0 Å². The van der Waals surface area contributed by atoms with E-state index in [-0.39, 0.29) is 30.8 Å². The van der Waals surface area contributed by atoms with E-state index in [4.69, 9.17) is 9.72 Å². The molecule has 0 N–H and O–H groups in total. The zero-order chi connectivity index (χ0) is 22.3. The highest BCUT2D eigenvalue weighted by Gasteiger charge is 2.71. The second kappa shape index (κ2) is 6.43. The predicted octanol–water partition coefficient (Wildman–Crippen LogP) is 3.04. The molecule has 0 radical (unpaired) electrons. The first-order valence-corrected chi connectivity index (χ1v) is 12.0. The van der Waals surface area contributed by atoms with E-state index >= 15 is 0 Å². The number of anilines is 1. The van der Waals surface area contributed by atoms with Crippen LogP contribution < -0.4 is 4.90 Å². The van der Waals surface area contributed by atoms with Gasteiger partial charge < -0.3 is 4.74 Å². The van der Waals surface area contributed by atoms with Gasteiger partial charge in [0.2, 0.25) is 11.8 Å². The second-order valence-electron chi connectivity index (χ2n) is 10.4. The summed E-state index contributed by atoms with van der Waals surface area (Å²) in [6.07, 6.45) is 5.36. The highest BCUT2D eigenvalue weighted by atomic mass is 32.2. The number of carbonyl (C=O) groups excluding carboxylic acids is 3. The Kier molecular flexibility index (Phi) is 4.30. The fourth-order valence-electron chi connectivity index (χ4n) is 5.62. The van der Waals surface area contributed by atoms with Gasteiger partial charge in [-0.3, -0.25) is 14.5 Å².